The van der Waals surface area contributed by atoms with Crippen LogP contribution in [0.4, 0.5) is 13.2 Å². The van der Waals surface area contributed by atoms with Crippen molar-refractivity contribution >= 4 is 11.0 Å². The van der Waals surface area contributed by atoms with Gasteiger partial charge in [0.05, 0.1) is 0 Å². The lowest BCUT2D eigenvalue weighted by atomic mass is 10.5. The first kappa shape index (κ1) is 12.8. The lowest BCUT2D eigenvalue weighted by Gasteiger charge is -1.96. The second-order valence-corrected chi connectivity index (χ2v) is 2.41. The Hall–Kier alpha value is -1.15. The first-order chi connectivity index (χ1) is 6.42. The van der Waals surface area contributed by atoms with Gasteiger partial charge in [0, 0.05) is 12.4 Å². The van der Waals surface area contributed by atoms with Gasteiger partial charge in [-0.25, -0.2) is 8.42 Å². The highest BCUT2D eigenvalue weighted by atomic mass is 32.2. The molecule has 4 nitrogen and oxygen atoms in total. The van der Waals surface area contributed by atoms with Gasteiger partial charge in [-0.1, -0.05) is 6.07 Å². The van der Waals surface area contributed by atoms with Crippen LogP contribution in [0.15, 0.2) is 30.6 Å². The van der Waals surface area contributed by atoms with Crippen LogP contribution in [0.3, 0.4) is 0 Å². The van der Waals surface area contributed by atoms with Crippen molar-refractivity contribution in [1.29, 1.82) is 0 Å². The van der Waals surface area contributed by atoms with Crippen LogP contribution in [0.25, 0.3) is 0 Å². The average Bonchev–Trinajstić information content (AvgIpc) is 2.03. The van der Waals surface area contributed by atoms with Crippen LogP contribution in [-0.4, -0.2) is 19.8 Å². The summed E-state index contributed by atoms with van der Waals surface area (Å²) < 4.78 is 52.7. The highest BCUT2D eigenvalue weighted by Crippen LogP contribution is 2.15. The summed E-state index contributed by atoms with van der Waals surface area (Å²) in [5.74, 6) is 0. The molecule has 80 valence electrons. The highest BCUT2D eigenvalue weighted by molar-refractivity contribution is 7.67. The molecule has 1 aromatic rings. The van der Waals surface area contributed by atoms with E-state index in [2.05, 4.69) is 9.17 Å². The Morgan fingerprint density at radius 3 is 1.64 bits per heavy atom. The molecule has 14 heavy (non-hydrogen) atoms. The molecule has 1 aromatic heterocycles. The molecule has 0 N–H and O–H groups in total. The van der Waals surface area contributed by atoms with E-state index in [9.17, 15) is 13.2 Å². The molecule has 0 spiro atoms. The fourth-order valence-corrected chi connectivity index (χ4v) is 0.566. The van der Waals surface area contributed by atoms with Crippen LogP contribution in [0, 0.1) is 0 Å². The van der Waals surface area contributed by atoms with Crippen molar-refractivity contribution in [3.05, 3.63) is 30.6 Å². The monoisotopic (exact) mass is 229 g/mol. The fraction of sp³-hybridized carbons (Fsp3) is 0.167. The van der Waals surface area contributed by atoms with Gasteiger partial charge in [0.2, 0.25) is 0 Å². The number of hydrogen-bond acceptors (Lipinski definition) is 4. The van der Waals surface area contributed by atoms with Crippen LogP contribution in [0.5, 0.6) is 0 Å². The van der Waals surface area contributed by atoms with Gasteiger partial charge in [-0.3, -0.25) is 4.98 Å². The van der Waals surface area contributed by atoms with Crippen LogP contribution < -0.4 is 0 Å². The normalized spacial score (nSPS) is 10.6. The van der Waals surface area contributed by atoms with Crippen molar-refractivity contribution < 1.29 is 25.8 Å². The molecule has 0 aliphatic carbocycles. The topological polar surface area (TPSA) is 56.3 Å². The minimum absolute atomic E-state index is 1.75. The minimum atomic E-state index is -5.07. The van der Waals surface area contributed by atoms with E-state index >= 15 is 0 Å². The van der Waals surface area contributed by atoms with E-state index in [4.69, 9.17) is 8.42 Å². The molecule has 0 atom stereocenters. The van der Waals surface area contributed by atoms with E-state index in [1.54, 1.807) is 12.4 Å². The third kappa shape index (κ3) is 10.8. The number of pyridine rings is 1. The quantitative estimate of drug-likeness (QED) is 0.733. The van der Waals surface area contributed by atoms with E-state index < -0.39 is 17.3 Å². The van der Waals surface area contributed by atoms with Gasteiger partial charge >= 0.3 is 6.36 Å². The molecule has 1 heterocycles. The van der Waals surface area contributed by atoms with Gasteiger partial charge in [0.15, 0.2) is 0 Å². The maximum Gasteiger partial charge on any atom is 0.537 e. The van der Waals surface area contributed by atoms with Gasteiger partial charge in [-0.2, -0.15) is 4.18 Å². The van der Waals surface area contributed by atoms with Gasteiger partial charge in [0.1, 0.15) is 0 Å². The Labute approximate surface area is 79.5 Å². The van der Waals surface area contributed by atoms with E-state index in [1.807, 2.05) is 18.2 Å². The zero-order valence-corrected chi connectivity index (χ0v) is 7.53. The number of nitrogens with zero attached hydrogens (tertiary/aromatic N) is 1. The van der Waals surface area contributed by atoms with E-state index in [-0.39, 0.29) is 0 Å². The molecular formula is C6H6F3NO3S. The SMILES string of the molecule is O=[SH](=O)OC(F)(F)F.c1ccncc1. The summed E-state index contributed by atoms with van der Waals surface area (Å²) in [7, 11) is -3.81. The van der Waals surface area contributed by atoms with Gasteiger partial charge in [-0.15, -0.1) is 13.2 Å². The summed E-state index contributed by atoms with van der Waals surface area (Å²) >= 11 is 0. The predicted octanol–water partition coefficient (Wildman–Crippen LogP) is 1.13. The molecule has 0 amide bonds. The molecule has 0 aliphatic rings. The predicted molar refractivity (Wildman–Crippen MR) is 41.7 cm³/mol. The summed E-state index contributed by atoms with van der Waals surface area (Å²) in [6, 6.07) is 5.72. The summed E-state index contributed by atoms with van der Waals surface area (Å²) in [5.41, 5.74) is 0. The van der Waals surface area contributed by atoms with E-state index in [1.165, 1.54) is 0 Å². The van der Waals surface area contributed by atoms with Gasteiger partial charge < -0.3 is 0 Å². The molecule has 0 aromatic carbocycles. The maximum absolute atomic E-state index is 10.7. The molecule has 0 saturated carbocycles. The smallest absolute Gasteiger partial charge is 0.265 e. The van der Waals surface area contributed by atoms with Crippen molar-refractivity contribution in [3.8, 4) is 0 Å². The lowest BCUT2D eigenvalue weighted by molar-refractivity contribution is -0.270. The van der Waals surface area contributed by atoms with Crippen LogP contribution in [0.2, 0.25) is 0 Å². The second kappa shape index (κ2) is 6.33. The van der Waals surface area contributed by atoms with Crippen LogP contribution in [0.1, 0.15) is 0 Å². The zero-order chi connectivity index (χ0) is 11.0. The number of aromatic nitrogens is 1. The highest BCUT2D eigenvalue weighted by Gasteiger charge is 2.30. The van der Waals surface area contributed by atoms with Crippen molar-refractivity contribution in [1.82, 2.24) is 4.98 Å². The summed E-state index contributed by atoms with van der Waals surface area (Å²) in [4.78, 5) is 3.78. The standard InChI is InChI=1S/C5H5N.CHF3O3S/c1-2-4-6-5-3-1;2-1(3,4)7-8(5)6/h1-5H;8H. The number of thiol groups is 1. The molecule has 0 aliphatic heterocycles. The number of hydrogen-bond donors (Lipinski definition) is 1. The van der Waals surface area contributed by atoms with Crippen molar-refractivity contribution in [2.45, 2.75) is 6.36 Å². The number of alkyl halides is 3. The van der Waals surface area contributed by atoms with Gasteiger partial charge in [0.25, 0.3) is 11.0 Å². The third-order valence-electron chi connectivity index (χ3n) is 0.745. The molecule has 1 rings (SSSR count). The number of halogens is 3. The first-order valence-electron chi connectivity index (χ1n) is 3.17. The fourth-order valence-electron chi connectivity index (χ4n) is 0.397. The Morgan fingerprint density at radius 1 is 1.07 bits per heavy atom. The third-order valence-corrected chi connectivity index (χ3v) is 1.10. The first-order valence-corrected chi connectivity index (χ1v) is 4.26. The van der Waals surface area contributed by atoms with Crippen molar-refractivity contribution in [3.63, 3.8) is 0 Å². The Kier molecular flexibility index (Phi) is 5.81. The van der Waals surface area contributed by atoms with Crippen molar-refractivity contribution in [2.24, 2.45) is 0 Å². The Morgan fingerprint density at radius 2 is 1.57 bits per heavy atom. The zero-order valence-electron chi connectivity index (χ0n) is 6.64. The van der Waals surface area contributed by atoms with E-state index in [0.29, 0.717) is 0 Å². The molecule has 0 bridgehead atoms. The van der Waals surface area contributed by atoms with Crippen LogP contribution >= 0.6 is 0 Å². The van der Waals surface area contributed by atoms with Gasteiger partial charge in [-0.05, 0) is 12.1 Å². The summed E-state index contributed by atoms with van der Waals surface area (Å²) in [6.07, 6.45) is -1.57. The average molecular weight is 229 g/mol. The number of rotatable bonds is 1. The molecule has 0 radical (unpaired) electrons. The Bertz CT molecular complexity index is 277. The largest absolute Gasteiger partial charge is 0.537 e. The van der Waals surface area contributed by atoms with Crippen LogP contribution in [-0.2, 0) is 15.2 Å². The van der Waals surface area contributed by atoms with E-state index in [0.717, 1.165) is 0 Å². The maximum atomic E-state index is 10.7. The second-order valence-electron chi connectivity index (χ2n) is 1.79. The lowest BCUT2D eigenvalue weighted by Crippen LogP contribution is -2.11. The summed E-state index contributed by atoms with van der Waals surface area (Å²) in [6.45, 7) is 0. The molecule has 0 fully saturated rings. The van der Waals surface area contributed by atoms with Crippen molar-refractivity contribution in [2.75, 3.05) is 0 Å². The molecular weight excluding hydrogens is 223 g/mol. The molecule has 8 heteroatoms. The Balaban J connectivity index is 0.000000249. The summed E-state index contributed by atoms with van der Waals surface area (Å²) in [5, 5.41) is 0. The minimum Gasteiger partial charge on any atom is -0.265 e. The molecule has 0 unspecified atom stereocenters. The molecule has 0 saturated heterocycles.